The molecule has 13 heteroatoms. The Labute approximate surface area is 536 Å². The van der Waals surface area contributed by atoms with E-state index < -0.39 is 0 Å². The number of nitrogens with zero attached hydrogens (tertiary/aromatic N) is 3. The second-order valence-electron chi connectivity index (χ2n) is 20.3. The number of unbranched alkanes of at least 4 members (excludes halogenated alkanes) is 12. The largest absolute Gasteiger partial charge is 2.00 e. The Hall–Kier alpha value is -4.63. The molecule has 3 aromatic heterocycles. The average molecular weight is 1370 g/mol. The summed E-state index contributed by atoms with van der Waals surface area (Å²) in [6.07, 6.45) is 28.3. The number of aromatic amines is 1. The summed E-state index contributed by atoms with van der Waals surface area (Å²) in [6, 6.07) is 42.0. The summed E-state index contributed by atoms with van der Waals surface area (Å²) >= 11 is 14.3. The molecule has 426 valence electrons. The molecular weight excluding hydrogens is 1290 g/mol. The van der Waals surface area contributed by atoms with E-state index in [1.807, 2.05) is 31.2 Å². The zero-order valence-electron chi connectivity index (χ0n) is 47.6. The van der Waals surface area contributed by atoms with Gasteiger partial charge in [0.2, 0.25) is 5.69 Å². The average Bonchev–Trinajstić information content (AvgIpc) is 4.19. The number of H-pyrrole nitrogens is 1. The van der Waals surface area contributed by atoms with Gasteiger partial charge in [0.25, 0.3) is 0 Å². The molecule has 0 saturated carbocycles. The summed E-state index contributed by atoms with van der Waals surface area (Å²) in [5.74, 6) is 3.26. The molecule has 82 heavy (non-hydrogen) atoms. The van der Waals surface area contributed by atoms with Crippen LogP contribution in [0.3, 0.4) is 0 Å². The van der Waals surface area contributed by atoms with Crippen molar-refractivity contribution >= 4 is 127 Å². The number of allylic oxidation sites excluding steroid dienone is 1. The summed E-state index contributed by atoms with van der Waals surface area (Å²) in [5.41, 5.74) is 13.1. The van der Waals surface area contributed by atoms with Crippen molar-refractivity contribution in [3.8, 4) is 67.5 Å². The maximum absolute atomic E-state index is 6.47. The van der Waals surface area contributed by atoms with E-state index in [0.717, 1.165) is 199 Å². The number of ether oxygens (including phenoxy) is 4. The van der Waals surface area contributed by atoms with E-state index in [0.29, 0.717) is 26.4 Å². The number of hydrogen-bond acceptors (Lipinski definition) is 5. The van der Waals surface area contributed by atoms with Crippen LogP contribution in [-0.4, -0.2) is 75.8 Å². The minimum absolute atomic E-state index is 0. The van der Waals surface area contributed by atoms with Gasteiger partial charge in [-0.25, -0.2) is 9.97 Å². The number of halogens is 4. The number of alkyl halides is 4. The van der Waals surface area contributed by atoms with Gasteiger partial charge in [0.15, 0.2) is 6.20 Å². The van der Waals surface area contributed by atoms with Crippen molar-refractivity contribution in [3.05, 3.63) is 151 Å². The Morgan fingerprint density at radius 3 is 1.16 bits per heavy atom. The van der Waals surface area contributed by atoms with E-state index in [1.54, 1.807) is 0 Å². The van der Waals surface area contributed by atoms with Gasteiger partial charge in [-0.2, -0.15) is 0 Å². The van der Waals surface area contributed by atoms with Gasteiger partial charge >= 0.3 is 23.1 Å². The minimum Gasteiger partial charge on any atom is -0.657 e. The normalized spacial score (nSPS) is 11.5. The molecule has 0 spiro atoms. The molecule has 1 aliphatic heterocycles. The molecule has 7 aromatic rings. The SMILES string of the molecule is C/C=C\c1[nH+]cc(-c2cccc(OCCCCCCBr)c2)c2ccc([n-]2)c(-c2cccc(OCCCCCCBr)c2)c2nc(c(-c3cccc(OCCCCCCBr)c3)c3ccc([n-]3)c1-c1cccc(OCCCCCCBr)c1)C=C2.[Mg+2]. The maximum atomic E-state index is 6.47. The van der Waals surface area contributed by atoms with Crippen molar-refractivity contribution in [2.24, 2.45) is 0 Å². The van der Waals surface area contributed by atoms with E-state index >= 15 is 0 Å². The van der Waals surface area contributed by atoms with Crippen molar-refractivity contribution in [3.63, 3.8) is 0 Å². The molecule has 8 nitrogen and oxygen atoms in total. The smallest absolute Gasteiger partial charge is 0.657 e. The summed E-state index contributed by atoms with van der Waals surface area (Å²) in [6.45, 7) is 4.64. The molecule has 1 aliphatic rings. The van der Waals surface area contributed by atoms with Gasteiger partial charge < -0.3 is 28.9 Å². The maximum Gasteiger partial charge on any atom is 2.00 e. The number of aromatic nitrogens is 4. The second-order valence-corrected chi connectivity index (χ2v) is 23.5. The molecule has 0 aliphatic carbocycles. The minimum atomic E-state index is 0. The third kappa shape index (κ3) is 19.5. The predicted molar refractivity (Wildman–Crippen MR) is 360 cm³/mol. The monoisotopic (exact) mass is 1370 g/mol. The Balaban J connectivity index is 0.00000968. The molecule has 4 aromatic carbocycles. The van der Waals surface area contributed by atoms with Crippen LogP contribution in [0.25, 0.3) is 84.8 Å². The van der Waals surface area contributed by atoms with Gasteiger partial charge in [-0.15, -0.1) is 22.1 Å². The number of nitrogens with one attached hydrogen (secondary N) is 1. The summed E-state index contributed by atoms with van der Waals surface area (Å²) in [5, 5.41) is 4.10. The van der Waals surface area contributed by atoms with Gasteiger partial charge in [-0.1, -0.05) is 194 Å². The molecule has 0 atom stereocenters. The summed E-state index contributed by atoms with van der Waals surface area (Å²) < 4.78 is 25.8. The molecule has 0 amide bonds. The Bertz CT molecular complexity index is 3300. The first-order chi connectivity index (χ1) is 40.0. The van der Waals surface area contributed by atoms with Gasteiger partial charge in [0.05, 0.1) is 37.8 Å². The van der Waals surface area contributed by atoms with Crippen LogP contribution in [0.4, 0.5) is 0 Å². The predicted octanol–water partition coefficient (Wildman–Crippen LogP) is 19.5. The molecule has 6 bridgehead atoms. The number of hydrogen-bond donors (Lipinski definition) is 0. The fourth-order valence-corrected chi connectivity index (χ4v) is 11.6. The van der Waals surface area contributed by atoms with Crippen molar-refractivity contribution < 1.29 is 23.9 Å². The molecule has 0 saturated heterocycles. The van der Waals surface area contributed by atoms with E-state index in [2.05, 4.69) is 196 Å². The fraction of sp³-hybridized carbons (Fsp3) is 0.362. The Kier molecular flexibility index (Phi) is 28.7. The van der Waals surface area contributed by atoms with Crippen LogP contribution >= 0.6 is 63.7 Å². The quantitative estimate of drug-likeness (QED) is 0.0230. The van der Waals surface area contributed by atoms with Crippen LogP contribution in [0.1, 0.15) is 127 Å². The molecule has 1 N–H and O–H groups in total. The van der Waals surface area contributed by atoms with E-state index in [-0.39, 0.29) is 23.1 Å². The van der Waals surface area contributed by atoms with E-state index in [9.17, 15) is 0 Å². The van der Waals surface area contributed by atoms with Gasteiger partial charge in [0, 0.05) is 38.5 Å². The van der Waals surface area contributed by atoms with Gasteiger partial charge in [0.1, 0.15) is 23.0 Å². The van der Waals surface area contributed by atoms with E-state index in [4.69, 9.17) is 33.9 Å². The second kappa shape index (κ2) is 36.3. The van der Waals surface area contributed by atoms with Crippen molar-refractivity contribution in [2.75, 3.05) is 47.7 Å². The van der Waals surface area contributed by atoms with Crippen molar-refractivity contribution in [1.82, 2.24) is 15.0 Å². The van der Waals surface area contributed by atoms with Crippen LogP contribution < -0.4 is 33.9 Å². The van der Waals surface area contributed by atoms with Crippen LogP contribution in [0.15, 0.2) is 134 Å². The molecule has 4 heterocycles. The molecule has 0 radical (unpaired) electrons. The molecule has 0 unspecified atom stereocenters. The number of rotatable bonds is 33. The third-order valence-electron chi connectivity index (χ3n) is 14.2. The Morgan fingerprint density at radius 1 is 0.415 bits per heavy atom. The summed E-state index contributed by atoms with van der Waals surface area (Å²) in [7, 11) is 0. The zero-order chi connectivity index (χ0) is 56.3. The first kappa shape index (κ1) is 64.9. The third-order valence-corrected chi connectivity index (χ3v) is 16.4. The van der Waals surface area contributed by atoms with Crippen LogP contribution in [0.2, 0.25) is 0 Å². The van der Waals surface area contributed by atoms with Crippen LogP contribution in [0, 0.1) is 0 Å². The fourth-order valence-electron chi connectivity index (χ4n) is 9.99. The first-order valence-corrected chi connectivity index (χ1v) is 33.7. The van der Waals surface area contributed by atoms with Crippen LogP contribution in [0.5, 0.6) is 23.0 Å². The van der Waals surface area contributed by atoms with Gasteiger partial charge in [-0.3, -0.25) is 0 Å². The number of benzene rings is 4. The topological polar surface area (TPSA) is 92.2 Å². The molecule has 0 fully saturated rings. The van der Waals surface area contributed by atoms with Crippen molar-refractivity contribution in [2.45, 2.75) is 110 Å². The Morgan fingerprint density at radius 2 is 0.756 bits per heavy atom. The van der Waals surface area contributed by atoms with Gasteiger partial charge in [-0.05, 0) is 152 Å². The molecule has 8 rings (SSSR count). The summed E-state index contributed by atoms with van der Waals surface area (Å²) in [4.78, 5) is 20.6. The number of fused-ring (bicyclic) bond motifs is 6. The van der Waals surface area contributed by atoms with E-state index in [1.165, 1.54) is 32.1 Å². The molecular formula is C69H77Br4MgN4O4+. The van der Waals surface area contributed by atoms with Crippen molar-refractivity contribution in [1.29, 1.82) is 0 Å². The zero-order valence-corrected chi connectivity index (χ0v) is 55.4. The first-order valence-electron chi connectivity index (χ1n) is 29.2. The van der Waals surface area contributed by atoms with Crippen LogP contribution in [-0.2, 0) is 0 Å². The standard InChI is InChI=1S/C69H76Br4N4O4.Mg/c1-2-23-61-67(52-25-20-29-56(47-52)79-43-16-8-4-12-39-71)62-34-35-65(76-62)69(54-27-22-31-58(49-54)81-45-18-10-6-14-41-73)66-37-36-64(77-66)68(53-26-21-30-57(48-53)80-44-17-9-5-13-40-72)63-33-32-60(75-63)59(50-74-61)51-24-19-28-55(46-51)78-42-15-7-3-11-38-70;/h2,19-37,46-50H,3-18,38-45H2,1H3;/q-2;+2/p+1/b23-2-,59-50?,60-59?,67-61?,67-62?,68-63?,68-64?,69-65?,69-66?,74-50?,74-61?;.